The van der Waals surface area contributed by atoms with Gasteiger partial charge >= 0.3 is 23.9 Å². The van der Waals surface area contributed by atoms with Gasteiger partial charge in [0.1, 0.15) is 23.0 Å². The molecule has 0 aliphatic carbocycles. The Bertz CT molecular complexity index is 1750. The zero-order chi connectivity index (χ0) is 32.6. The van der Waals surface area contributed by atoms with Crippen LogP contribution in [0.1, 0.15) is 26.7 Å². The molecular weight excluding hydrogens is 584 g/mol. The second-order valence-electron chi connectivity index (χ2n) is 10.2. The number of ether oxygens (including phenoxy) is 6. The normalized spacial score (nSPS) is 13.4. The molecule has 8 heteroatoms. The van der Waals surface area contributed by atoms with Crippen LogP contribution in [0, 0.1) is 0 Å². The van der Waals surface area contributed by atoms with Gasteiger partial charge in [-0.2, -0.15) is 0 Å². The van der Waals surface area contributed by atoms with E-state index in [0.29, 0.717) is 11.5 Å². The number of fused-ring (bicyclic) bond motifs is 2. The minimum Gasteiger partial charge on any atom is -0.421 e. The number of hydrogen-bond donors (Lipinski definition) is 0. The molecule has 5 aromatic rings. The lowest BCUT2D eigenvalue weighted by Crippen LogP contribution is -2.46. The van der Waals surface area contributed by atoms with Gasteiger partial charge in [0.2, 0.25) is 0 Å². The van der Waals surface area contributed by atoms with Gasteiger partial charge in [0, 0.05) is 18.2 Å². The number of esters is 2. The van der Waals surface area contributed by atoms with Gasteiger partial charge in [-0.05, 0) is 57.9 Å². The summed E-state index contributed by atoms with van der Waals surface area (Å²) in [5, 5.41) is 3.92. The van der Waals surface area contributed by atoms with Gasteiger partial charge in [0.15, 0.2) is 0 Å². The summed E-state index contributed by atoms with van der Waals surface area (Å²) in [6.07, 6.45) is 2.30. The summed E-state index contributed by atoms with van der Waals surface area (Å²) in [4.78, 5) is 24.9. The van der Waals surface area contributed by atoms with Gasteiger partial charge < -0.3 is 28.4 Å². The van der Waals surface area contributed by atoms with E-state index in [1.165, 1.54) is 0 Å². The second kappa shape index (κ2) is 13.9. The quantitative estimate of drug-likeness (QED) is 0.0695. The molecule has 0 N–H and O–H groups in total. The lowest BCUT2D eigenvalue weighted by Gasteiger charge is -2.33. The maximum Gasteiger partial charge on any atom is 0.419 e. The molecule has 0 aliphatic rings. The van der Waals surface area contributed by atoms with Crippen LogP contribution in [0.2, 0.25) is 0 Å². The lowest BCUT2D eigenvalue weighted by molar-refractivity contribution is -0.285. The van der Waals surface area contributed by atoms with Crippen LogP contribution in [-0.4, -0.2) is 23.9 Å². The average Bonchev–Trinajstić information content (AvgIpc) is 3.08. The average molecular weight is 619 g/mol. The van der Waals surface area contributed by atoms with Crippen LogP contribution in [-0.2, 0) is 19.1 Å². The Kier molecular flexibility index (Phi) is 9.57. The molecule has 0 heterocycles. The number of benzene rings is 5. The van der Waals surface area contributed by atoms with Crippen LogP contribution < -0.4 is 18.9 Å². The van der Waals surface area contributed by atoms with Gasteiger partial charge in [0.05, 0.1) is 12.8 Å². The Morgan fingerprint density at radius 2 is 0.891 bits per heavy atom. The van der Waals surface area contributed by atoms with Crippen molar-refractivity contribution in [2.45, 2.75) is 38.6 Å². The molecule has 0 amide bonds. The molecule has 5 aromatic carbocycles. The summed E-state index contributed by atoms with van der Waals surface area (Å²) in [5.41, 5.74) is 0. The number of hydrogen-bond acceptors (Lipinski definition) is 8. The summed E-state index contributed by atoms with van der Waals surface area (Å²) in [7, 11) is 0. The largest absolute Gasteiger partial charge is 0.421 e. The van der Waals surface area contributed by atoms with Crippen LogP contribution in [0.3, 0.4) is 0 Å². The lowest BCUT2D eigenvalue weighted by atomic mass is 10.1. The molecule has 0 aliphatic heterocycles. The van der Waals surface area contributed by atoms with Crippen LogP contribution in [0.25, 0.3) is 21.5 Å². The first kappa shape index (κ1) is 31.7. The van der Waals surface area contributed by atoms with Crippen molar-refractivity contribution < 1.29 is 38.0 Å². The topological polar surface area (TPSA) is 89.5 Å². The fraction of sp³-hybridized carbons (Fsp3) is 0.158. The Morgan fingerprint density at radius 3 is 1.26 bits per heavy atom. The first-order valence-electron chi connectivity index (χ1n) is 14.8. The summed E-state index contributed by atoms with van der Waals surface area (Å²) >= 11 is 0. The molecule has 0 aromatic heterocycles. The zero-order valence-corrected chi connectivity index (χ0v) is 25.6. The van der Waals surface area contributed by atoms with E-state index in [0.717, 1.165) is 33.7 Å². The molecule has 0 spiro atoms. The van der Waals surface area contributed by atoms with Crippen LogP contribution >= 0.6 is 0 Å². The summed E-state index contributed by atoms with van der Waals surface area (Å²) in [5.74, 6) is -3.85. The highest BCUT2D eigenvalue weighted by Crippen LogP contribution is 2.34. The molecule has 0 radical (unpaired) electrons. The van der Waals surface area contributed by atoms with Crippen molar-refractivity contribution in [2.24, 2.45) is 0 Å². The standard InChI is InChI=1S/C38H34O8/c1-5-35(39)45-37(7-3,43-33-22-20-27-14-9-11-16-29(27)24-33)41-31-18-13-19-32(26-31)42-38(8-4,46-36(40)6-2)44-34-23-21-28-15-10-12-17-30(28)25-34/h5-6,9-26H,1-2,7-8H2,3-4H3. The highest BCUT2D eigenvalue weighted by molar-refractivity contribution is 5.85. The van der Waals surface area contributed by atoms with Gasteiger partial charge in [-0.25, -0.2) is 9.59 Å². The summed E-state index contributed by atoms with van der Waals surface area (Å²) < 4.78 is 36.2. The van der Waals surface area contributed by atoms with Crippen molar-refractivity contribution >= 4 is 33.5 Å². The van der Waals surface area contributed by atoms with Crippen LogP contribution in [0.4, 0.5) is 0 Å². The maximum atomic E-state index is 12.5. The second-order valence-corrected chi connectivity index (χ2v) is 10.2. The third kappa shape index (κ3) is 7.47. The van der Waals surface area contributed by atoms with E-state index in [9.17, 15) is 9.59 Å². The zero-order valence-electron chi connectivity index (χ0n) is 25.6. The molecule has 0 fully saturated rings. The molecule has 8 nitrogen and oxygen atoms in total. The van der Waals surface area contributed by atoms with Gasteiger partial charge in [-0.15, -0.1) is 0 Å². The van der Waals surface area contributed by atoms with E-state index in [-0.39, 0.29) is 24.3 Å². The SMILES string of the molecule is C=CC(=O)OC(CC)(Oc1cccc(OC(CC)(OC(=O)C=C)Oc2ccc3ccccc3c2)c1)Oc1ccc2ccccc2c1. The fourth-order valence-electron chi connectivity index (χ4n) is 4.73. The predicted octanol–water partition coefficient (Wildman–Crippen LogP) is 8.49. The number of rotatable bonds is 14. The minimum atomic E-state index is -1.86. The van der Waals surface area contributed by atoms with E-state index in [1.54, 1.807) is 50.2 Å². The van der Waals surface area contributed by atoms with E-state index in [1.807, 2.05) is 72.8 Å². The monoisotopic (exact) mass is 618 g/mol. The fourth-order valence-corrected chi connectivity index (χ4v) is 4.73. The minimum absolute atomic E-state index is 0.116. The van der Waals surface area contributed by atoms with Gasteiger partial charge in [-0.3, -0.25) is 0 Å². The highest BCUT2D eigenvalue weighted by atomic mass is 16.9. The number of carbonyl (C=O) groups excluding carboxylic acids is 2. The van der Waals surface area contributed by atoms with E-state index in [2.05, 4.69) is 13.2 Å². The van der Waals surface area contributed by atoms with Crippen molar-refractivity contribution in [3.05, 3.63) is 135 Å². The molecule has 0 bridgehead atoms. The Balaban J connectivity index is 1.45. The van der Waals surface area contributed by atoms with Crippen molar-refractivity contribution in [1.29, 1.82) is 0 Å². The molecule has 46 heavy (non-hydrogen) atoms. The molecule has 0 saturated heterocycles. The predicted molar refractivity (Wildman–Crippen MR) is 175 cm³/mol. The van der Waals surface area contributed by atoms with Crippen molar-refractivity contribution in [1.82, 2.24) is 0 Å². The van der Waals surface area contributed by atoms with Gasteiger partial charge in [0.25, 0.3) is 0 Å². The summed E-state index contributed by atoms with van der Waals surface area (Å²) in [6, 6.07) is 33.1. The molecule has 5 rings (SSSR count). The Labute approximate surface area is 267 Å². The Hall–Kier alpha value is -5.76. The van der Waals surface area contributed by atoms with Crippen LogP contribution in [0.15, 0.2) is 135 Å². The van der Waals surface area contributed by atoms with Gasteiger partial charge in [-0.1, -0.05) is 93.7 Å². The van der Waals surface area contributed by atoms with Crippen molar-refractivity contribution in [3.63, 3.8) is 0 Å². The number of carbonyl (C=O) groups is 2. The molecule has 2 unspecified atom stereocenters. The maximum absolute atomic E-state index is 12.5. The van der Waals surface area contributed by atoms with Crippen LogP contribution in [0.5, 0.6) is 23.0 Å². The van der Waals surface area contributed by atoms with E-state index >= 15 is 0 Å². The first-order chi connectivity index (χ1) is 22.3. The van der Waals surface area contributed by atoms with Crippen molar-refractivity contribution in [2.75, 3.05) is 0 Å². The molecule has 234 valence electrons. The third-order valence-electron chi connectivity index (χ3n) is 7.05. The van der Waals surface area contributed by atoms with Crippen molar-refractivity contribution in [3.8, 4) is 23.0 Å². The van der Waals surface area contributed by atoms with E-state index in [4.69, 9.17) is 28.4 Å². The highest BCUT2D eigenvalue weighted by Gasteiger charge is 2.40. The molecule has 2 atom stereocenters. The van der Waals surface area contributed by atoms with E-state index < -0.39 is 23.9 Å². The Morgan fingerprint density at radius 1 is 0.522 bits per heavy atom. The summed E-state index contributed by atoms with van der Waals surface area (Å²) in [6.45, 7) is 10.5. The molecule has 0 saturated carbocycles. The first-order valence-corrected chi connectivity index (χ1v) is 14.8. The smallest absolute Gasteiger partial charge is 0.419 e. The molecular formula is C38H34O8. The third-order valence-corrected chi connectivity index (χ3v) is 7.05.